The normalized spacial score (nSPS) is 10.8. The molecule has 5 aromatic rings. The van der Waals surface area contributed by atoms with Gasteiger partial charge >= 0.3 is 5.97 Å². The fourth-order valence-corrected chi connectivity index (χ4v) is 3.76. The van der Waals surface area contributed by atoms with Crippen molar-refractivity contribution >= 4 is 11.9 Å². The van der Waals surface area contributed by atoms with Crippen molar-refractivity contribution in [1.29, 1.82) is 0 Å². The number of carbonyl (C=O) groups is 1. The fraction of sp³-hybridized carbons (Fsp3) is 0.0741. The summed E-state index contributed by atoms with van der Waals surface area (Å²) in [5, 5.41) is 7.65. The van der Waals surface area contributed by atoms with Gasteiger partial charge in [0.15, 0.2) is 5.88 Å². The Morgan fingerprint density at radius 3 is 2.54 bits per heavy atom. The first-order valence-electron chi connectivity index (χ1n) is 10.9. The predicted octanol–water partition coefficient (Wildman–Crippen LogP) is 5.73. The van der Waals surface area contributed by atoms with Gasteiger partial charge in [0.2, 0.25) is 5.76 Å². The molecule has 0 spiro atoms. The highest BCUT2D eigenvalue weighted by Crippen LogP contribution is 2.30. The number of aromatic nitrogens is 3. The summed E-state index contributed by atoms with van der Waals surface area (Å²) < 4.78 is 26.7. The standard InChI is InChI=1S/C27H21FN4O3/c1-34-27(33)24-13-14-25(35-24)30-15-19-16-31-32(26(19)21-9-5-6-10-22(21)28)20-11-12-23(29-17-20)18-7-3-2-4-8-18/h2-14,16-17,30H,15H2,1H3. The van der Waals surface area contributed by atoms with Crippen molar-refractivity contribution in [3.8, 4) is 28.2 Å². The van der Waals surface area contributed by atoms with Crippen LogP contribution in [0.25, 0.3) is 28.2 Å². The number of methoxy groups -OCH3 is 1. The van der Waals surface area contributed by atoms with Crippen LogP contribution in [-0.2, 0) is 11.3 Å². The summed E-state index contributed by atoms with van der Waals surface area (Å²) in [5.74, 6) is -0.462. The fourth-order valence-electron chi connectivity index (χ4n) is 3.76. The molecule has 0 aliphatic rings. The van der Waals surface area contributed by atoms with Crippen LogP contribution in [0.1, 0.15) is 16.1 Å². The Morgan fingerprint density at radius 2 is 1.80 bits per heavy atom. The zero-order valence-corrected chi connectivity index (χ0v) is 18.8. The molecule has 0 amide bonds. The molecule has 0 bridgehead atoms. The third-order valence-corrected chi connectivity index (χ3v) is 5.48. The van der Waals surface area contributed by atoms with Gasteiger partial charge < -0.3 is 14.5 Å². The van der Waals surface area contributed by atoms with E-state index in [-0.39, 0.29) is 18.1 Å². The lowest BCUT2D eigenvalue weighted by Crippen LogP contribution is -2.04. The van der Waals surface area contributed by atoms with Crippen molar-refractivity contribution in [2.24, 2.45) is 0 Å². The highest BCUT2D eigenvalue weighted by Gasteiger charge is 2.19. The van der Waals surface area contributed by atoms with Gasteiger partial charge in [-0.05, 0) is 30.3 Å². The van der Waals surface area contributed by atoms with Crippen LogP contribution in [0, 0.1) is 5.82 Å². The first-order chi connectivity index (χ1) is 17.1. The summed E-state index contributed by atoms with van der Waals surface area (Å²) in [6.45, 7) is 0.285. The molecular weight excluding hydrogens is 447 g/mol. The van der Waals surface area contributed by atoms with E-state index in [9.17, 15) is 9.18 Å². The number of nitrogens with zero attached hydrogens (tertiary/aromatic N) is 3. The molecule has 0 saturated heterocycles. The predicted molar refractivity (Wildman–Crippen MR) is 130 cm³/mol. The second-order valence-electron chi connectivity index (χ2n) is 7.69. The average molecular weight is 468 g/mol. The Morgan fingerprint density at radius 1 is 1.00 bits per heavy atom. The van der Waals surface area contributed by atoms with Gasteiger partial charge in [0.1, 0.15) is 5.82 Å². The van der Waals surface area contributed by atoms with Crippen LogP contribution in [0.3, 0.4) is 0 Å². The lowest BCUT2D eigenvalue weighted by Gasteiger charge is -2.12. The van der Waals surface area contributed by atoms with Gasteiger partial charge in [0, 0.05) is 29.3 Å². The van der Waals surface area contributed by atoms with Gasteiger partial charge in [0.05, 0.1) is 36.6 Å². The summed E-state index contributed by atoms with van der Waals surface area (Å²) in [6.07, 6.45) is 3.39. The number of furan rings is 1. The zero-order valence-electron chi connectivity index (χ0n) is 18.8. The zero-order chi connectivity index (χ0) is 24.2. The van der Waals surface area contributed by atoms with E-state index in [2.05, 4.69) is 20.1 Å². The number of rotatable bonds is 7. The Labute approximate surface area is 200 Å². The van der Waals surface area contributed by atoms with Crippen LogP contribution in [-0.4, -0.2) is 27.8 Å². The second kappa shape index (κ2) is 9.64. The molecule has 3 aromatic heterocycles. The van der Waals surface area contributed by atoms with E-state index in [1.165, 1.54) is 19.2 Å². The molecule has 0 unspecified atom stereocenters. The van der Waals surface area contributed by atoms with E-state index >= 15 is 0 Å². The van der Waals surface area contributed by atoms with Gasteiger partial charge in [-0.25, -0.2) is 13.9 Å². The molecule has 0 radical (unpaired) electrons. The molecule has 1 N–H and O–H groups in total. The molecule has 0 fully saturated rings. The summed E-state index contributed by atoms with van der Waals surface area (Å²) in [4.78, 5) is 16.2. The van der Waals surface area contributed by atoms with E-state index in [1.807, 2.05) is 42.5 Å². The SMILES string of the molecule is COC(=O)c1ccc(NCc2cnn(-c3ccc(-c4ccccc4)nc3)c2-c2ccccc2F)o1. The second-order valence-corrected chi connectivity index (χ2v) is 7.69. The molecule has 8 heteroatoms. The summed E-state index contributed by atoms with van der Waals surface area (Å²) in [7, 11) is 1.29. The lowest BCUT2D eigenvalue weighted by molar-refractivity contribution is 0.0566. The third kappa shape index (κ3) is 4.54. The Kier molecular flexibility index (Phi) is 6.09. The first kappa shape index (κ1) is 22.1. The van der Waals surface area contributed by atoms with Crippen molar-refractivity contribution < 1.29 is 18.3 Å². The van der Waals surface area contributed by atoms with E-state index in [4.69, 9.17) is 4.42 Å². The number of halogens is 1. The van der Waals surface area contributed by atoms with Gasteiger partial charge in [-0.1, -0.05) is 42.5 Å². The van der Waals surface area contributed by atoms with Crippen LogP contribution in [0.15, 0.2) is 95.7 Å². The molecule has 0 saturated carbocycles. The Balaban J connectivity index is 1.48. The number of pyridine rings is 1. The van der Waals surface area contributed by atoms with Gasteiger partial charge in [-0.2, -0.15) is 5.10 Å². The van der Waals surface area contributed by atoms with Crippen LogP contribution in [0.4, 0.5) is 10.3 Å². The minimum Gasteiger partial charge on any atom is -0.463 e. The van der Waals surface area contributed by atoms with Crippen molar-refractivity contribution in [3.05, 3.63) is 108 Å². The summed E-state index contributed by atoms with van der Waals surface area (Å²) >= 11 is 0. The number of nitrogens with one attached hydrogen (secondary N) is 1. The molecule has 2 aromatic carbocycles. The highest BCUT2D eigenvalue weighted by molar-refractivity contribution is 5.86. The van der Waals surface area contributed by atoms with E-state index in [1.54, 1.807) is 41.3 Å². The van der Waals surface area contributed by atoms with E-state index in [0.717, 1.165) is 16.8 Å². The van der Waals surface area contributed by atoms with Gasteiger partial charge in [-0.15, -0.1) is 0 Å². The van der Waals surface area contributed by atoms with Gasteiger partial charge in [0.25, 0.3) is 0 Å². The van der Waals surface area contributed by atoms with E-state index < -0.39 is 5.97 Å². The minimum atomic E-state index is -0.565. The van der Waals surface area contributed by atoms with Crippen LogP contribution in [0.2, 0.25) is 0 Å². The van der Waals surface area contributed by atoms with Crippen molar-refractivity contribution in [2.45, 2.75) is 6.54 Å². The highest BCUT2D eigenvalue weighted by atomic mass is 19.1. The quantitative estimate of drug-likeness (QED) is 0.307. The Hall–Kier alpha value is -4.72. The Bertz CT molecular complexity index is 1460. The number of hydrogen-bond acceptors (Lipinski definition) is 6. The topological polar surface area (TPSA) is 82.2 Å². The van der Waals surface area contributed by atoms with Crippen molar-refractivity contribution in [3.63, 3.8) is 0 Å². The number of carbonyl (C=O) groups excluding carboxylic acids is 1. The number of ether oxygens (including phenoxy) is 1. The third-order valence-electron chi connectivity index (χ3n) is 5.48. The molecule has 7 nitrogen and oxygen atoms in total. The van der Waals surface area contributed by atoms with Crippen LogP contribution < -0.4 is 5.32 Å². The summed E-state index contributed by atoms with van der Waals surface area (Å²) in [6, 6.07) is 23.4. The minimum absolute atomic E-state index is 0.0876. The number of benzene rings is 2. The molecular formula is C27H21FN4O3. The number of hydrogen-bond donors (Lipinski definition) is 1. The molecule has 5 rings (SSSR count). The summed E-state index contributed by atoms with van der Waals surface area (Å²) in [5.41, 5.74) is 4.25. The molecule has 0 aliphatic heterocycles. The van der Waals surface area contributed by atoms with Crippen molar-refractivity contribution in [2.75, 3.05) is 12.4 Å². The molecule has 3 heterocycles. The maximum absolute atomic E-state index is 14.9. The maximum Gasteiger partial charge on any atom is 0.374 e. The molecule has 35 heavy (non-hydrogen) atoms. The lowest BCUT2D eigenvalue weighted by atomic mass is 10.1. The van der Waals surface area contributed by atoms with Gasteiger partial charge in [-0.3, -0.25) is 4.98 Å². The first-order valence-corrected chi connectivity index (χ1v) is 10.9. The van der Waals surface area contributed by atoms with E-state index in [0.29, 0.717) is 22.8 Å². The molecule has 0 atom stereocenters. The smallest absolute Gasteiger partial charge is 0.374 e. The largest absolute Gasteiger partial charge is 0.463 e. The number of esters is 1. The average Bonchev–Trinajstić information content (AvgIpc) is 3.55. The van der Waals surface area contributed by atoms with Crippen LogP contribution in [0.5, 0.6) is 0 Å². The molecule has 174 valence electrons. The number of anilines is 1. The van der Waals surface area contributed by atoms with Crippen molar-refractivity contribution in [1.82, 2.24) is 14.8 Å². The maximum atomic E-state index is 14.9. The van der Waals surface area contributed by atoms with Crippen LogP contribution >= 0.6 is 0 Å². The molecule has 0 aliphatic carbocycles. The monoisotopic (exact) mass is 468 g/mol.